The molecule has 1 aliphatic carbocycles. The van der Waals surface area contributed by atoms with Crippen molar-refractivity contribution in [3.8, 4) is 11.8 Å². The number of anilines is 1. The second-order valence-electron chi connectivity index (χ2n) is 6.83. The zero-order valence-corrected chi connectivity index (χ0v) is 15.5. The minimum atomic E-state index is -0.563. The Kier molecular flexibility index (Phi) is 5.11. The van der Waals surface area contributed by atoms with Crippen LogP contribution in [0.25, 0.3) is 5.69 Å². The van der Waals surface area contributed by atoms with Crippen LogP contribution in [0.15, 0.2) is 60.7 Å². The molecule has 0 spiro atoms. The van der Waals surface area contributed by atoms with Gasteiger partial charge in [-0.1, -0.05) is 48.5 Å². The summed E-state index contributed by atoms with van der Waals surface area (Å²) >= 11 is 0. The van der Waals surface area contributed by atoms with Crippen LogP contribution >= 0.6 is 0 Å². The van der Waals surface area contributed by atoms with Gasteiger partial charge in [-0.25, -0.2) is 4.79 Å². The van der Waals surface area contributed by atoms with E-state index in [1.54, 1.807) is 0 Å². The summed E-state index contributed by atoms with van der Waals surface area (Å²) < 4.78 is 7.38. The number of ether oxygens (including phenoxy) is 1. The number of rotatable bonds is 4. The van der Waals surface area contributed by atoms with Crippen LogP contribution in [0.3, 0.4) is 0 Å². The highest BCUT2D eigenvalue weighted by Crippen LogP contribution is 2.35. The maximum absolute atomic E-state index is 12.5. The molecule has 1 aromatic heterocycles. The molecule has 28 heavy (non-hydrogen) atoms. The van der Waals surface area contributed by atoms with Crippen LogP contribution < -0.4 is 5.32 Å². The average molecular weight is 371 g/mol. The first-order valence-electron chi connectivity index (χ1n) is 9.47. The molecule has 0 fully saturated rings. The number of carbonyl (C=O) groups is 1. The number of nitrogens with one attached hydrogen (secondary N) is 1. The van der Waals surface area contributed by atoms with Gasteiger partial charge in [0.2, 0.25) is 0 Å². The smallest absolute Gasteiger partial charge is 0.413 e. The summed E-state index contributed by atoms with van der Waals surface area (Å²) in [7, 11) is 0. The number of benzene rings is 2. The second-order valence-corrected chi connectivity index (χ2v) is 6.83. The van der Waals surface area contributed by atoms with E-state index in [0.717, 1.165) is 48.2 Å². The number of nitriles is 1. The Balaban J connectivity index is 1.66. The number of para-hydroxylation sites is 1. The van der Waals surface area contributed by atoms with Crippen LogP contribution in [-0.4, -0.2) is 10.7 Å². The number of hydrogen-bond acceptors (Lipinski definition) is 3. The van der Waals surface area contributed by atoms with Crippen LogP contribution in [0.2, 0.25) is 0 Å². The van der Waals surface area contributed by atoms with Gasteiger partial charge in [0.25, 0.3) is 0 Å². The molecule has 0 atom stereocenters. The van der Waals surface area contributed by atoms with E-state index in [2.05, 4.69) is 11.4 Å². The predicted molar refractivity (Wildman–Crippen MR) is 107 cm³/mol. The molecule has 0 aliphatic heterocycles. The highest BCUT2D eigenvalue weighted by atomic mass is 16.5. The van der Waals surface area contributed by atoms with E-state index in [1.165, 1.54) is 0 Å². The van der Waals surface area contributed by atoms with Crippen LogP contribution in [0, 0.1) is 11.3 Å². The molecule has 140 valence electrons. The van der Waals surface area contributed by atoms with Crippen molar-refractivity contribution in [3.63, 3.8) is 0 Å². The van der Waals surface area contributed by atoms with Crippen LogP contribution in [-0.2, 0) is 24.2 Å². The molecule has 3 aromatic rings. The maximum atomic E-state index is 12.5. The molecular weight excluding hydrogens is 350 g/mol. The molecule has 4 rings (SSSR count). The van der Waals surface area contributed by atoms with Crippen molar-refractivity contribution in [1.29, 1.82) is 5.26 Å². The zero-order valence-electron chi connectivity index (χ0n) is 15.5. The van der Waals surface area contributed by atoms with Gasteiger partial charge in [-0.05, 0) is 48.9 Å². The van der Waals surface area contributed by atoms with Gasteiger partial charge in [-0.3, -0.25) is 9.88 Å². The number of aromatic nitrogens is 1. The number of fused-ring (bicyclic) bond motifs is 1. The molecule has 5 nitrogen and oxygen atoms in total. The summed E-state index contributed by atoms with van der Waals surface area (Å²) in [6, 6.07) is 21.6. The Labute approximate surface area is 164 Å². The van der Waals surface area contributed by atoms with Crippen molar-refractivity contribution >= 4 is 11.9 Å². The average Bonchev–Trinajstić information content (AvgIpc) is 3.06. The number of nitrogens with zero attached hydrogens (tertiary/aromatic N) is 2. The van der Waals surface area contributed by atoms with Gasteiger partial charge in [0.1, 0.15) is 18.5 Å². The zero-order chi connectivity index (χ0) is 19.3. The molecule has 5 heteroatoms. The minimum absolute atomic E-state index is 0.181. The van der Waals surface area contributed by atoms with Crippen molar-refractivity contribution in [3.05, 3.63) is 83.0 Å². The van der Waals surface area contributed by atoms with E-state index >= 15 is 0 Å². The highest BCUT2D eigenvalue weighted by Gasteiger charge is 2.27. The van der Waals surface area contributed by atoms with Crippen molar-refractivity contribution in [1.82, 2.24) is 4.57 Å². The molecule has 0 radical (unpaired) electrons. The van der Waals surface area contributed by atoms with E-state index in [9.17, 15) is 10.1 Å². The van der Waals surface area contributed by atoms with Gasteiger partial charge in [-0.2, -0.15) is 5.26 Å². The van der Waals surface area contributed by atoms with Gasteiger partial charge >= 0.3 is 6.09 Å². The van der Waals surface area contributed by atoms with Crippen molar-refractivity contribution in [2.24, 2.45) is 0 Å². The maximum Gasteiger partial charge on any atom is 0.413 e. The van der Waals surface area contributed by atoms with Crippen LogP contribution in [0.4, 0.5) is 10.6 Å². The third-order valence-electron chi connectivity index (χ3n) is 5.03. The molecule has 0 saturated heterocycles. The van der Waals surface area contributed by atoms with E-state index in [4.69, 9.17) is 4.74 Å². The van der Waals surface area contributed by atoms with E-state index in [-0.39, 0.29) is 6.61 Å². The Bertz CT molecular complexity index is 1020. The van der Waals surface area contributed by atoms with E-state index in [1.807, 2.05) is 65.2 Å². The second kappa shape index (κ2) is 8.01. The molecule has 2 aromatic carbocycles. The van der Waals surface area contributed by atoms with Gasteiger partial charge in [0.15, 0.2) is 0 Å². The topological polar surface area (TPSA) is 67.0 Å². The van der Waals surface area contributed by atoms with Gasteiger partial charge < -0.3 is 4.74 Å². The van der Waals surface area contributed by atoms with Crippen molar-refractivity contribution in [2.45, 2.75) is 32.3 Å². The fourth-order valence-corrected chi connectivity index (χ4v) is 3.75. The van der Waals surface area contributed by atoms with Gasteiger partial charge in [0, 0.05) is 11.4 Å². The highest BCUT2D eigenvalue weighted by molar-refractivity contribution is 5.87. The fourth-order valence-electron chi connectivity index (χ4n) is 3.75. The van der Waals surface area contributed by atoms with Gasteiger partial charge in [-0.15, -0.1) is 0 Å². The number of amides is 1. The summed E-state index contributed by atoms with van der Waals surface area (Å²) in [5, 5.41) is 12.6. The summed E-state index contributed by atoms with van der Waals surface area (Å²) in [6.45, 7) is 0.181. The molecule has 1 aliphatic rings. The molecule has 0 bridgehead atoms. The number of hydrogen-bond donors (Lipinski definition) is 1. The molecule has 1 N–H and O–H groups in total. The van der Waals surface area contributed by atoms with Crippen molar-refractivity contribution < 1.29 is 9.53 Å². The Morgan fingerprint density at radius 2 is 1.71 bits per heavy atom. The SMILES string of the molecule is N#Cc1c2c(n(-c3ccccc3)c1NC(=O)OCc1ccccc1)CCCC2. The van der Waals surface area contributed by atoms with E-state index < -0.39 is 6.09 Å². The Hall–Kier alpha value is -3.52. The predicted octanol–water partition coefficient (Wildman–Crippen LogP) is 4.98. The summed E-state index contributed by atoms with van der Waals surface area (Å²) in [5.74, 6) is 0.499. The molecule has 1 heterocycles. The normalized spacial score (nSPS) is 12.7. The molecule has 0 saturated carbocycles. The Morgan fingerprint density at radius 3 is 2.43 bits per heavy atom. The minimum Gasteiger partial charge on any atom is -0.444 e. The summed E-state index contributed by atoms with van der Waals surface area (Å²) in [5.41, 5.74) is 4.52. The van der Waals surface area contributed by atoms with Crippen molar-refractivity contribution in [2.75, 3.05) is 5.32 Å². The number of carbonyl (C=O) groups excluding carboxylic acids is 1. The molecular formula is C23H21N3O2. The molecule has 1 amide bonds. The first-order chi connectivity index (χ1) is 13.8. The van der Waals surface area contributed by atoms with E-state index in [0.29, 0.717) is 11.4 Å². The fraction of sp³-hybridized carbons (Fsp3) is 0.217. The third-order valence-corrected chi connectivity index (χ3v) is 5.03. The molecule has 0 unspecified atom stereocenters. The van der Waals surface area contributed by atoms with Crippen LogP contribution in [0.1, 0.15) is 35.2 Å². The lowest BCUT2D eigenvalue weighted by atomic mass is 9.95. The lowest BCUT2D eigenvalue weighted by molar-refractivity contribution is 0.155. The van der Waals surface area contributed by atoms with Crippen LogP contribution in [0.5, 0.6) is 0 Å². The largest absolute Gasteiger partial charge is 0.444 e. The lowest BCUT2D eigenvalue weighted by Crippen LogP contribution is -2.17. The first-order valence-corrected chi connectivity index (χ1v) is 9.47. The first kappa shape index (κ1) is 17.9. The lowest BCUT2D eigenvalue weighted by Gasteiger charge is -2.17. The quantitative estimate of drug-likeness (QED) is 0.703. The monoisotopic (exact) mass is 371 g/mol. The van der Waals surface area contributed by atoms with Gasteiger partial charge in [0.05, 0.1) is 5.56 Å². The third kappa shape index (κ3) is 3.49. The Morgan fingerprint density at radius 1 is 1.04 bits per heavy atom. The summed E-state index contributed by atoms with van der Waals surface area (Å²) in [4.78, 5) is 12.5. The summed E-state index contributed by atoms with van der Waals surface area (Å²) in [6.07, 6.45) is 3.31. The standard InChI is InChI=1S/C23H21N3O2/c24-15-20-19-13-7-8-14-21(19)26(18-11-5-2-6-12-18)22(20)25-23(27)28-16-17-9-3-1-4-10-17/h1-6,9-12H,7-8,13-14,16H2,(H,25,27).